The number of carboxylic acids is 1. The van der Waals surface area contributed by atoms with Crippen molar-refractivity contribution in [2.75, 3.05) is 0 Å². The number of carbonyl (C=O) groups excluding carboxylic acids is 1. The third kappa shape index (κ3) is 5.48. The van der Waals surface area contributed by atoms with E-state index < -0.39 is 24.0 Å². The SMILES string of the molecule is CCCC(NC(C(N)=O)c1ccc(Br)cc1)C(=O)O.Cl. The minimum absolute atomic E-state index is 0. The number of aliphatic carboxylic acids is 1. The Kier molecular flexibility index (Phi) is 8.45. The van der Waals surface area contributed by atoms with Crippen LogP contribution in [-0.4, -0.2) is 23.0 Å². The molecule has 0 aliphatic heterocycles. The molecule has 0 heterocycles. The van der Waals surface area contributed by atoms with Crippen molar-refractivity contribution in [2.24, 2.45) is 5.73 Å². The third-order valence-electron chi connectivity index (χ3n) is 2.73. The largest absolute Gasteiger partial charge is 0.480 e. The minimum atomic E-state index is -0.981. The Bertz CT molecular complexity index is 453. The monoisotopic (exact) mass is 364 g/mol. The van der Waals surface area contributed by atoms with Crippen LogP contribution < -0.4 is 11.1 Å². The molecule has 112 valence electrons. The van der Waals surface area contributed by atoms with Crippen LogP contribution in [0, 0.1) is 0 Å². The van der Waals surface area contributed by atoms with Gasteiger partial charge in [-0.15, -0.1) is 12.4 Å². The highest BCUT2D eigenvalue weighted by Crippen LogP contribution is 2.18. The van der Waals surface area contributed by atoms with Crippen LogP contribution in [0.4, 0.5) is 0 Å². The number of rotatable bonds is 7. The summed E-state index contributed by atoms with van der Waals surface area (Å²) in [7, 11) is 0. The minimum Gasteiger partial charge on any atom is -0.480 e. The van der Waals surface area contributed by atoms with Crippen LogP contribution in [0.25, 0.3) is 0 Å². The van der Waals surface area contributed by atoms with Gasteiger partial charge in [-0.2, -0.15) is 0 Å². The van der Waals surface area contributed by atoms with Gasteiger partial charge in [-0.3, -0.25) is 14.9 Å². The molecule has 0 fully saturated rings. The predicted molar refractivity (Wildman–Crippen MR) is 82.8 cm³/mol. The Balaban J connectivity index is 0.00000361. The van der Waals surface area contributed by atoms with E-state index in [0.29, 0.717) is 18.4 Å². The van der Waals surface area contributed by atoms with E-state index >= 15 is 0 Å². The molecule has 0 bridgehead atoms. The summed E-state index contributed by atoms with van der Waals surface area (Å²) in [5.74, 6) is -1.57. The standard InChI is InChI=1S/C13H17BrN2O3.ClH/c1-2-3-10(13(18)19)16-11(12(15)17)8-4-6-9(14)7-5-8;/h4-7,10-11,16H,2-3H2,1H3,(H2,15,17)(H,18,19);1H. The van der Waals surface area contributed by atoms with E-state index in [0.717, 1.165) is 4.47 Å². The summed E-state index contributed by atoms with van der Waals surface area (Å²) in [6, 6.07) is 5.44. The average molecular weight is 366 g/mol. The Morgan fingerprint density at radius 3 is 2.30 bits per heavy atom. The van der Waals surface area contributed by atoms with Gasteiger partial charge in [-0.1, -0.05) is 41.4 Å². The van der Waals surface area contributed by atoms with Crippen molar-refractivity contribution in [3.8, 4) is 0 Å². The second-order valence-corrected chi connectivity index (χ2v) is 5.15. The average Bonchev–Trinajstić information content (AvgIpc) is 2.35. The maximum absolute atomic E-state index is 11.5. The summed E-state index contributed by atoms with van der Waals surface area (Å²) in [5, 5.41) is 11.9. The van der Waals surface area contributed by atoms with Crippen molar-refractivity contribution < 1.29 is 14.7 Å². The van der Waals surface area contributed by atoms with E-state index in [9.17, 15) is 9.59 Å². The van der Waals surface area contributed by atoms with Crippen LogP contribution in [0.2, 0.25) is 0 Å². The molecule has 1 rings (SSSR count). The van der Waals surface area contributed by atoms with E-state index in [2.05, 4.69) is 21.2 Å². The third-order valence-corrected chi connectivity index (χ3v) is 3.26. The molecular formula is C13H18BrClN2O3. The number of amides is 1. The number of carboxylic acid groups (broad SMARTS) is 1. The lowest BCUT2D eigenvalue weighted by Gasteiger charge is -2.21. The molecule has 0 saturated heterocycles. The highest BCUT2D eigenvalue weighted by molar-refractivity contribution is 9.10. The maximum Gasteiger partial charge on any atom is 0.320 e. The summed E-state index contributed by atoms with van der Waals surface area (Å²) in [5.41, 5.74) is 6.00. The summed E-state index contributed by atoms with van der Waals surface area (Å²) >= 11 is 3.30. The molecule has 7 heteroatoms. The molecule has 0 radical (unpaired) electrons. The summed E-state index contributed by atoms with van der Waals surface area (Å²) in [6.45, 7) is 1.89. The van der Waals surface area contributed by atoms with Gasteiger partial charge in [-0.25, -0.2) is 0 Å². The van der Waals surface area contributed by atoms with Gasteiger partial charge in [0.15, 0.2) is 0 Å². The molecule has 0 aliphatic rings. The van der Waals surface area contributed by atoms with Gasteiger partial charge in [0.1, 0.15) is 12.1 Å². The number of hydrogen-bond acceptors (Lipinski definition) is 3. The van der Waals surface area contributed by atoms with Crippen molar-refractivity contribution >= 4 is 40.2 Å². The fourth-order valence-electron chi connectivity index (χ4n) is 1.77. The lowest BCUT2D eigenvalue weighted by Crippen LogP contribution is -2.44. The predicted octanol–water partition coefficient (Wildman–Crippen LogP) is 2.24. The van der Waals surface area contributed by atoms with E-state index in [1.54, 1.807) is 24.3 Å². The van der Waals surface area contributed by atoms with Gasteiger partial charge in [0, 0.05) is 4.47 Å². The van der Waals surface area contributed by atoms with E-state index in [1.165, 1.54) is 0 Å². The Labute approximate surface area is 132 Å². The molecule has 2 atom stereocenters. The van der Waals surface area contributed by atoms with Crippen LogP contribution in [0.15, 0.2) is 28.7 Å². The maximum atomic E-state index is 11.5. The van der Waals surface area contributed by atoms with Crippen LogP contribution in [0.3, 0.4) is 0 Å². The second-order valence-electron chi connectivity index (χ2n) is 4.23. The summed E-state index contributed by atoms with van der Waals surface area (Å²) < 4.78 is 0.878. The smallest absolute Gasteiger partial charge is 0.320 e. The van der Waals surface area contributed by atoms with Crippen molar-refractivity contribution in [3.05, 3.63) is 34.3 Å². The van der Waals surface area contributed by atoms with Crippen LogP contribution in [-0.2, 0) is 9.59 Å². The Hall–Kier alpha value is -1.11. The first-order chi connectivity index (χ1) is 8.95. The van der Waals surface area contributed by atoms with Gasteiger partial charge in [-0.05, 0) is 24.1 Å². The lowest BCUT2D eigenvalue weighted by molar-refractivity contribution is -0.140. The molecule has 5 nitrogen and oxygen atoms in total. The second kappa shape index (κ2) is 8.94. The first-order valence-electron chi connectivity index (χ1n) is 5.99. The highest BCUT2D eigenvalue weighted by atomic mass is 79.9. The van der Waals surface area contributed by atoms with Crippen molar-refractivity contribution in [1.82, 2.24) is 5.32 Å². The van der Waals surface area contributed by atoms with Crippen LogP contribution in [0.1, 0.15) is 31.4 Å². The zero-order valence-electron chi connectivity index (χ0n) is 11.0. The zero-order chi connectivity index (χ0) is 14.4. The van der Waals surface area contributed by atoms with E-state index in [4.69, 9.17) is 10.8 Å². The van der Waals surface area contributed by atoms with Gasteiger partial charge in [0.2, 0.25) is 5.91 Å². The Morgan fingerprint density at radius 2 is 1.90 bits per heavy atom. The van der Waals surface area contributed by atoms with Crippen LogP contribution >= 0.6 is 28.3 Å². The number of benzene rings is 1. The summed E-state index contributed by atoms with van der Waals surface area (Å²) in [4.78, 5) is 22.6. The first kappa shape index (κ1) is 18.9. The zero-order valence-corrected chi connectivity index (χ0v) is 13.4. The molecule has 1 aromatic rings. The topological polar surface area (TPSA) is 92.4 Å². The van der Waals surface area contributed by atoms with Gasteiger partial charge >= 0.3 is 5.97 Å². The molecule has 1 aromatic carbocycles. The molecule has 0 aliphatic carbocycles. The van der Waals surface area contributed by atoms with Crippen molar-refractivity contribution in [1.29, 1.82) is 0 Å². The van der Waals surface area contributed by atoms with E-state index in [1.807, 2.05) is 6.92 Å². The fraction of sp³-hybridized carbons (Fsp3) is 0.385. The highest BCUT2D eigenvalue weighted by Gasteiger charge is 2.25. The first-order valence-corrected chi connectivity index (χ1v) is 6.78. The number of nitrogens with two attached hydrogens (primary N) is 1. The van der Waals surface area contributed by atoms with Gasteiger partial charge in [0.25, 0.3) is 0 Å². The molecule has 20 heavy (non-hydrogen) atoms. The quantitative estimate of drug-likeness (QED) is 0.691. The number of halogens is 2. The fourth-order valence-corrected chi connectivity index (χ4v) is 2.03. The number of primary amides is 1. The Morgan fingerprint density at radius 1 is 1.35 bits per heavy atom. The number of hydrogen-bond donors (Lipinski definition) is 3. The van der Waals surface area contributed by atoms with E-state index in [-0.39, 0.29) is 12.4 Å². The molecule has 1 amide bonds. The number of nitrogens with one attached hydrogen (secondary N) is 1. The van der Waals surface area contributed by atoms with Crippen molar-refractivity contribution in [2.45, 2.75) is 31.8 Å². The normalized spacial score (nSPS) is 13.1. The van der Waals surface area contributed by atoms with Crippen LogP contribution in [0.5, 0.6) is 0 Å². The molecule has 0 spiro atoms. The molecule has 4 N–H and O–H groups in total. The van der Waals surface area contributed by atoms with Gasteiger partial charge in [0.05, 0.1) is 0 Å². The number of carbonyl (C=O) groups is 2. The lowest BCUT2D eigenvalue weighted by atomic mass is 10.0. The van der Waals surface area contributed by atoms with Gasteiger partial charge < -0.3 is 10.8 Å². The molecular weight excluding hydrogens is 348 g/mol. The molecule has 0 aromatic heterocycles. The molecule has 0 saturated carbocycles. The van der Waals surface area contributed by atoms with Crippen molar-refractivity contribution in [3.63, 3.8) is 0 Å². The summed E-state index contributed by atoms with van der Waals surface area (Å²) in [6.07, 6.45) is 1.14. The molecule has 2 unspecified atom stereocenters.